The zero-order chi connectivity index (χ0) is 14.1. The summed E-state index contributed by atoms with van der Waals surface area (Å²) in [5.74, 6) is 0. The van der Waals surface area contributed by atoms with Gasteiger partial charge in [-0.2, -0.15) is 0 Å². The lowest BCUT2D eigenvalue weighted by Crippen LogP contribution is -1.72. The number of halogens is 2. The monoisotopic (exact) mass is 290 g/mol. The van der Waals surface area contributed by atoms with Gasteiger partial charge in [-0.15, -0.1) is 0 Å². The molecule has 0 fully saturated rings. The van der Waals surface area contributed by atoms with Crippen molar-refractivity contribution in [3.63, 3.8) is 0 Å². The van der Waals surface area contributed by atoms with Gasteiger partial charge in [0.05, 0.1) is 0 Å². The molecule has 0 aliphatic heterocycles. The standard InChI is InChI=1S/C9H10.C8H6Cl2/c1-8(2)9-6-4-3-5-7-9;9-8(10)6-7-4-2-1-3-5-7/h3-7H,1H2,2H3;1-6H. The smallest absolute Gasteiger partial charge is 0.0955 e. The molecule has 98 valence electrons. The van der Waals surface area contributed by atoms with Crippen LogP contribution in [-0.4, -0.2) is 0 Å². The number of benzene rings is 2. The van der Waals surface area contributed by atoms with Gasteiger partial charge in [-0.3, -0.25) is 0 Å². The molecule has 19 heavy (non-hydrogen) atoms. The first-order valence-electron chi connectivity index (χ1n) is 5.88. The molecule has 0 nitrogen and oxygen atoms in total. The Hall–Kier alpha value is -1.50. The van der Waals surface area contributed by atoms with E-state index in [-0.39, 0.29) is 4.49 Å². The van der Waals surface area contributed by atoms with Gasteiger partial charge < -0.3 is 0 Å². The molecule has 0 radical (unpaired) electrons. The van der Waals surface area contributed by atoms with E-state index in [1.165, 1.54) is 5.56 Å². The minimum atomic E-state index is 0.284. The van der Waals surface area contributed by atoms with Gasteiger partial charge in [-0.1, -0.05) is 96.0 Å². The molecule has 0 heterocycles. The Labute approximate surface area is 125 Å². The zero-order valence-corrected chi connectivity index (χ0v) is 12.3. The molecule has 2 heteroatoms. The quantitative estimate of drug-likeness (QED) is 0.619. The van der Waals surface area contributed by atoms with Crippen molar-refractivity contribution in [2.75, 3.05) is 0 Å². The van der Waals surface area contributed by atoms with Crippen LogP contribution in [0.3, 0.4) is 0 Å². The van der Waals surface area contributed by atoms with Crippen molar-refractivity contribution in [2.24, 2.45) is 0 Å². The maximum Gasteiger partial charge on any atom is 0.107 e. The molecule has 0 aliphatic rings. The largest absolute Gasteiger partial charge is 0.107 e. The molecular formula is C17H16Cl2. The summed E-state index contributed by atoms with van der Waals surface area (Å²) in [5.41, 5.74) is 3.36. The summed E-state index contributed by atoms with van der Waals surface area (Å²) < 4.78 is 0.284. The van der Waals surface area contributed by atoms with E-state index in [1.807, 2.05) is 55.5 Å². The van der Waals surface area contributed by atoms with Gasteiger partial charge in [0.25, 0.3) is 0 Å². The van der Waals surface area contributed by atoms with Gasteiger partial charge >= 0.3 is 0 Å². The number of allylic oxidation sites excluding steroid dienone is 1. The number of hydrogen-bond donors (Lipinski definition) is 0. The fraction of sp³-hybridized carbons (Fsp3) is 0.0588. The summed E-state index contributed by atoms with van der Waals surface area (Å²) >= 11 is 10.9. The first-order chi connectivity index (χ1) is 9.09. The summed E-state index contributed by atoms with van der Waals surface area (Å²) in [5, 5.41) is 0. The third-order valence-electron chi connectivity index (χ3n) is 2.34. The van der Waals surface area contributed by atoms with Crippen molar-refractivity contribution in [2.45, 2.75) is 6.92 Å². The van der Waals surface area contributed by atoms with Gasteiger partial charge in [0.15, 0.2) is 0 Å². The molecule has 0 bridgehead atoms. The maximum atomic E-state index is 5.44. The van der Waals surface area contributed by atoms with Crippen LogP contribution in [0.4, 0.5) is 0 Å². The van der Waals surface area contributed by atoms with Crippen LogP contribution in [0, 0.1) is 0 Å². The lowest BCUT2D eigenvalue weighted by atomic mass is 10.1. The fourth-order valence-corrected chi connectivity index (χ4v) is 1.65. The van der Waals surface area contributed by atoms with E-state index in [9.17, 15) is 0 Å². The van der Waals surface area contributed by atoms with Crippen LogP contribution in [0.5, 0.6) is 0 Å². The van der Waals surface area contributed by atoms with E-state index in [0.29, 0.717) is 0 Å². The fourth-order valence-electron chi connectivity index (χ4n) is 1.40. The molecule has 0 aliphatic carbocycles. The van der Waals surface area contributed by atoms with E-state index in [1.54, 1.807) is 6.08 Å². The number of hydrogen-bond acceptors (Lipinski definition) is 0. The predicted molar refractivity (Wildman–Crippen MR) is 87.3 cm³/mol. The number of rotatable bonds is 2. The minimum absolute atomic E-state index is 0.284. The van der Waals surface area contributed by atoms with Crippen LogP contribution >= 0.6 is 23.2 Å². The van der Waals surface area contributed by atoms with Crippen LogP contribution in [0.1, 0.15) is 18.1 Å². The molecule has 2 aromatic rings. The van der Waals surface area contributed by atoms with Crippen LogP contribution in [0.2, 0.25) is 0 Å². The second-order valence-electron chi connectivity index (χ2n) is 3.99. The van der Waals surface area contributed by atoms with Gasteiger partial charge in [-0.05, 0) is 24.1 Å². The lowest BCUT2D eigenvalue weighted by molar-refractivity contribution is 1.58. The van der Waals surface area contributed by atoms with Crippen molar-refractivity contribution in [1.29, 1.82) is 0 Å². The highest BCUT2D eigenvalue weighted by Gasteiger charge is 1.86. The Balaban J connectivity index is 0.000000191. The topological polar surface area (TPSA) is 0 Å². The van der Waals surface area contributed by atoms with Crippen LogP contribution in [-0.2, 0) is 0 Å². The molecule has 0 saturated carbocycles. The second-order valence-corrected chi connectivity index (χ2v) is 5.00. The highest BCUT2D eigenvalue weighted by Crippen LogP contribution is 2.12. The van der Waals surface area contributed by atoms with Crippen molar-refractivity contribution in [3.05, 3.63) is 82.9 Å². The molecule has 0 unspecified atom stereocenters. The summed E-state index contributed by atoms with van der Waals surface area (Å²) in [4.78, 5) is 0. The van der Waals surface area contributed by atoms with E-state index in [2.05, 4.69) is 18.7 Å². The van der Waals surface area contributed by atoms with Gasteiger partial charge in [-0.25, -0.2) is 0 Å². The Bertz CT molecular complexity index is 524. The molecular weight excluding hydrogens is 275 g/mol. The summed E-state index contributed by atoms with van der Waals surface area (Å²) in [7, 11) is 0. The highest BCUT2D eigenvalue weighted by molar-refractivity contribution is 6.57. The average molecular weight is 291 g/mol. The van der Waals surface area contributed by atoms with E-state index in [0.717, 1.165) is 11.1 Å². The predicted octanol–water partition coefficient (Wildman–Crippen LogP) is 6.18. The first kappa shape index (κ1) is 15.6. The molecule has 2 rings (SSSR count). The Morgan fingerprint density at radius 2 is 1.37 bits per heavy atom. The van der Waals surface area contributed by atoms with Crippen LogP contribution in [0.15, 0.2) is 71.7 Å². The van der Waals surface area contributed by atoms with Crippen molar-refractivity contribution >= 4 is 34.9 Å². The Morgan fingerprint density at radius 3 is 1.74 bits per heavy atom. The van der Waals surface area contributed by atoms with E-state index >= 15 is 0 Å². The summed E-state index contributed by atoms with van der Waals surface area (Å²) in [6, 6.07) is 19.8. The molecule has 0 amide bonds. The van der Waals surface area contributed by atoms with Gasteiger partial charge in [0, 0.05) is 0 Å². The maximum absolute atomic E-state index is 5.44. The Kier molecular flexibility index (Phi) is 7.02. The summed E-state index contributed by atoms with van der Waals surface area (Å²) in [6.45, 7) is 5.83. The van der Waals surface area contributed by atoms with Crippen molar-refractivity contribution in [1.82, 2.24) is 0 Å². The molecule has 2 aromatic carbocycles. The molecule has 0 atom stereocenters. The average Bonchev–Trinajstić information content (AvgIpc) is 2.41. The van der Waals surface area contributed by atoms with Gasteiger partial charge in [0.1, 0.15) is 4.49 Å². The molecule has 0 spiro atoms. The normalized spacial score (nSPS) is 9.00. The first-order valence-corrected chi connectivity index (χ1v) is 6.64. The SMILES string of the molecule is C=C(C)c1ccccc1.ClC(Cl)=Cc1ccccc1. The molecule has 0 aromatic heterocycles. The Morgan fingerprint density at radius 1 is 0.895 bits per heavy atom. The van der Waals surface area contributed by atoms with Gasteiger partial charge in [0.2, 0.25) is 0 Å². The second kappa shape index (κ2) is 8.58. The van der Waals surface area contributed by atoms with Crippen molar-refractivity contribution < 1.29 is 0 Å². The van der Waals surface area contributed by atoms with Crippen LogP contribution in [0.25, 0.3) is 11.6 Å². The zero-order valence-electron chi connectivity index (χ0n) is 10.8. The van der Waals surface area contributed by atoms with Crippen LogP contribution < -0.4 is 0 Å². The minimum Gasteiger partial charge on any atom is -0.0955 e. The third-order valence-corrected chi connectivity index (χ3v) is 2.56. The molecule has 0 saturated heterocycles. The lowest BCUT2D eigenvalue weighted by Gasteiger charge is -1.94. The summed E-state index contributed by atoms with van der Waals surface area (Å²) in [6.07, 6.45) is 1.70. The molecule has 0 N–H and O–H groups in total. The van der Waals surface area contributed by atoms with Crippen molar-refractivity contribution in [3.8, 4) is 0 Å². The van der Waals surface area contributed by atoms with E-state index in [4.69, 9.17) is 23.2 Å². The van der Waals surface area contributed by atoms with E-state index < -0.39 is 0 Å². The third kappa shape index (κ3) is 6.85. The highest BCUT2D eigenvalue weighted by atomic mass is 35.5.